The van der Waals surface area contributed by atoms with E-state index in [4.69, 9.17) is 0 Å². The second-order valence-electron chi connectivity index (χ2n) is 3.91. The van der Waals surface area contributed by atoms with Crippen LogP contribution in [0.2, 0.25) is 0 Å². The maximum atomic E-state index is 11.3. The number of ketones is 1. The quantitative estimate of drug-likeness (QED) is 0.662. The van der Waals surface area contributed by atoms with Gasteiger partial charge in [-0.15, -0.1) is 0 Å². The molecule has 1 aliphatic carbocycles. The number of rotatable bonds is 6. The fourth-order valence-electron chi connectivity index (χ4n) is 1.21. The first-order valence-electron chi connectivity index (χ1n) is 5.11. The zero-order valence-electron chi connectivity index (χ0n) is 8.88. The second kappa shape index (κ2) is 5.10. The van der Waals surface area contributed by atoms with E-state index in [0.717, 1.165) is 12.8 Å². The Hall–Kier alpha value is -0.900. The molecule has 1 saturated carbocycles. The first kappa shape index (κ1) is 11.2. The van der Waals surface area contributed by atoms with E-state index in [0.29, 0.717) is 25.6 Å². The third-order valence-corrected chi connectivity index (χ3v) is 2.20. The van der Waals surface area contributed by atoms with Crippen molar-refractivity contribution in [2.45, 2.75) is 32.2 Å². The smallest absolute Gasteiger partial charge is 0.234 e. The molecule has 14 heavy (non-hydrogen) atoms. The van der Waals surface area contributed by atoms with Crippen molar-refractivity contribution in [2.75, 3.05) is 20.1 Å². The molecule has 4 nitrogen and oxygen atoms in total. The van der Waals surface area contributed by atoms with Crippen LogP contribution in [-0.4, -0.2) is 42.8 Å². The van der Waals surface area contributed by atoms with Crippen molar-refractivity contribution >= 4 is 11.7 Å². The van der Waals surface area contributed by atoms with Gasteiger partial charge < -0.3 is 5.32 Å². The summed E-state index contributed by atoms with van der Waals surface area (Å²) in [5.41, 5.74) is 0. The number of nitrogens with zero attached hydrogens (tertiary/aromatic N) is 1. The summed E-state index contributed by atoms with van der Waals surface area (Å²) in [6.07, 6.45) is 2.74. The molecule has 0 radical (unpaired) electrons. The van der Waals surface area contributed by atoms with Crippen molar-refractivity contribution in [2.24, 2.45) is 0 Å². The lowest BCUT2D eigenvalue weighted by Crippen LogP contribution is -2.38. The van der Waals surface area contributed by atoms with Gasteiger partial charge >= 0.3 is 0 Å². The van der Waals surface area contributed by atoms with Crippen LogP contribution in [0.5, 0.6) is 0 Å². The predicted molar refractivity (Wildman–Crippen MR) is 54.0 cm³/mol. The standard InChI is InChI=1S/C10H18N2O2/c1-3-9(13)6-12(2)7-10(14)11-8-4-5-8/h8H,3-7H2,1-2H3,(H,11,14). The molecular weight excluding hydrogens is 180 g/mol. The van der Waals surface area contributed by atoms with E-state index >= 15 is 0 Å². The third kappa shape index (κ3) is 4.37. The third-order valence-electron chi connectivity index (χ3n) is 2.20. The molecule has 0 spiro atoms. The van der Waals surface area contributed by atoms with Crippen molar-refractivity contribution in [3.63, 3.8) is 0 Å². The van der Waals surface area contributed by atoms with Crippen LogP contribution in [0.3, 0.4) is 0 Å². The minimum atomic E-state index is 0.0268. The van der Waals surface area contributed by atoms with Gasteiger partial charge in [0.1, 0.15) is 5.78 Å². The number of hydrogen-bond acceptors (Lipinski definition) is 3. The van der Waals surface area contributed by atoms with Gasteiger partial charge in [0, 0.05) is 12.5 Å². The molecule has 1 fully saturated rings. The summed E-state index contributed by atoms with van der Waals surface area (Å²) in [7, 11) is 1.79. The molecule has 0 aromatic carbocycles. The minimum absolute atomic E-state index is 0.0268. The number of Topliss-reactive ketones (excluding diaryl/α,β-unsaturated/α-hetero) is 1. The summed E-state index contributed by atoms with van der Waals surface area (Å²) >= 11 is 0. The first-order chi connectivity index (χ1) is 6.61. The van der Waals surface area contributed by atoms with E-state index in [9.17, 15) is 9.59 Å². The lowest BCUT2D eigenvalue weighted by atomic mass is 10.3. The molecule has 0 atom stereocenters. The Morgan fingerprint density at radius 3 is 2.50 bits per heavy atom. The number of amides is 1. The fourth-order valence-corrected chi connectivity index (χ4v) is 1.21. The average Bonchev–Trinajstić information content (AvgIpc) is 2.87. The molecular formula is C10H18N2O2. The molecule has 0 unspecified atom stereocenters. The summed E-state index contributed by atoms with van der Waals surface area (Å²) in [5, 5.41) is 2.88. The highest BCUT2D eigenvalue weighted by molar-refractivity contribution is 5.82. The minimum Gasteiger partial charge on any atom is -0.352 e. The highest BCUT2D eigenvalue weighted by atomic mass is 16.2. The summed E-state index contributed by atoms with van der Waals surface area (Å²) in [6, 6.07) is 0.401. The number of likely N-dealkylation sites (N-methyl/N-ethyl adjacent to an activating group) is 1. The molecule has 1 N–H and O–H groups in total. The second-order valence-corrected chi connectivity index (χ2v) is 3.91. The summed E-state index contributed by atoms with van der Waals surface area (Å²) in [6.45, 7) is 2.53. The molecule has 0 heterocycles. The van der Waals surface area contributed by atoms with Gasteiger partial charge in [-0.3, -0.25) is 14.5 Å². The highest BCUT2D eigenvalue weighted by Gasteiger charge is 2.23. The van der Waals surface area contributed by atoms with Gasteiger partial charge in [-0.05, 0) is 19.9 Å². The maximum Gasteiger partial charge on any atom is 0.234 e. The summed E-state index contributed by atoms with van der Waals surface area (Å²) in [4.78, 5) is 24.1. The molecule has 1 amide bonds. The van der Waals surface area contributed by atoms with Gasteiger partial charge in [-0.25, -0.2) is 0 Å². The van der Waals surface area contributed by atoms with E-state index in [2.05, 4.69) is 5.32 Å². The monoisotopic (exact) mass is 198 g/mol. The molecule has 0 saturated heterocycles. The van der Waals surface area contributed by atoms with Gasteiger partial charge in [-0.1, -0.05) is 6.92 Å². The maximum absolute atomic E-state index is 11.3. The number of hydrogen-bond donors (Lipinski definition) is 1. The predicted octanol–water partition coefficient (Wildman–Crippen LogP) is 0.176. The largest absolute Gasteiger partial charge is 0.352 e. The summed E-state index contributed by atoms with van der Waals surface area (Å²) in [5.74, 6) is 0.200. The number of carbonyl (C=O) groups is 2. The Morgan fingerprint density at radius 2 is 2.00 bits per heavy atom. The molecule has 1 rings (SSSR count). The van der Waals surface area contributed by atoms with Gasteiger partial charge in [0.25, 0.3) is 0 Å². The van der Waals surface area contributed by atoms with Gasteiger partial charge in [0.2, 0.25) is 5.91 Å². The zero-order valence-corrected chi connectivity index (χ0v) is 8.88. The molecule has 0 aromatic heterocycles. The van der Waals surface area contributed by atoms with E-state index in [1.807, 2.05) is 6.92 Å². The molecule has 0 aromatic rings. The van der Waals surface area contributed by atoms with Crippen LogP contribution in [0.15, 0.2) is 0 Å². The molecule has 0 bridgehead atoms. The van der Waals surface area contributed by atoms with Crippen molar-refractivity contribution in [1.82, 2.24) is 10.2 Å². The normalized spacial score (nSPS) is 15.6. The number of nitrogens with one attached hydrogen (secondary N) is 1. The molecule has 80 valence electrons. The Kier molecular flexibility index (Phi) is 4.07. The van der Waals surface area contributed by atoms with Crippen LogP contribution in [0.1, 0.15) is 26.2 Å². The van der Waals surface area contributed by atoms with Crippen LogP contribution < -0.4 is 5.32 Å². The first-order valence-corrected chi connectivity index (χ1v) is 5.11. The zero-order chi connectivity index (χ0) is 10.6. The lowest BCUT2D eigenvalue weighted by molar-refractivity contribution is -0.123. The van der Waals surface area contributed by atoms with Gasteiger partial charge in [0.05, 0.1) is 13.1 Å². The average molecular weight is 198 g/mol. The van der Waals surface area contributed by atoms with Gasteiger partial charge in [0.15, 0.2) is 0 Å². The fraction of sp³-hybridized carbons (Fsp3) is 0.800. The molecule has 0 aliphatic heterocycles. The Morgan fingerprint density at radius 1 is 1.36 bits per heavy atom. The highest BCUT2D eigenvalue weighted by Crippen LogP contribution is 2.18. The van der Waals surface area contributed by atoms with Crippen molar-refractivity contribution in [1.29, 1.82) is 0 Å². The van der Waals surface area contributed by atoms with Crippen LogP contribution in [0.25, 0.3) is 0 Å². The Labute approximate surface area is 84.7 Å². The van der Waals surface area contributed by atoms with Crippen LogP contribution >= 0.6 is 0 Å². The van der Waals surface area contributed by atoms with Crippen molar-refractivity contribution in [3.05, 3.63) is 0 Å². The lowest BCUT2D eigenvalue weighted by Gasteiger charge is -2.14. The SMILES string of the molecule is CCC(=O)CN(C)CC(=O)NC1CC1. The topological polar surface area (TPSA) is 49.4 Å². The van der Waals surface area contributed by atoms with Gasteiger partial charge in [-0.2, -0.15) is 0 Å². The van der Waals surface area contributed by atoms with E-state index in [1.165, 1.54) is 0 Å². The number of carbonyl (C=O) groups excluding carboxylic acids is 2. The molecule has 4 heteroatoms. The van der Waals surface area contributed by atoms with Crippen molar-refractivity contribution < 1.29 is 9.59 Å². The molecule has 1 aliphatic rings. The van der Waals surface area contributed by atoms with E-state index in [-0.39, 0.29) is 11.7 Å². The van der Waals surface area contributed by atoms with E-state index < -0.39 is 0 Å². The van der Waals surface area contributed by atoms with Crippen molar-refractivity contribution in [3.8, 4) is 0 Å². The van der Waals surface area contributed by atoms with Crippen LogP contribution in [0.4, 0.5) is 0 Å². The Bertz CT molecular complexity index is 224. The van der Waals surface area contributed by atoms with Crippen LogP contribution in [0, 0.1) is 0 Å². The Balaban J connectivity index is 2.14. The van der Waals surface area contributed by atoms with E-state index in [1.54, 1.807) is 11.9 Å². The van der Waals surface area contributed by atoms with Crippen LogP contribution in [-0.2, 0) is 9.59 Å². The summed E-state index contributed by atoms with van der Waals surface area (Å²) < 4.78 is 0.